The second-order valence-electron chi connectivity index (χ2n) is 5.71. The minimum absolute atomic E-state index is 0.00511. The highest BCUT2D eigenvalue weighted by Crippen LogP contribution is 2.20. The number of likely N-dealkylation sites (N-methyl/N-ethyl adjacent to an activating group) is 1. The Balaban J connectivity index is 1.67. The number of hydrogen-bond donors (Lipinski definition) is 1. The Morgan fingerprint density at radius 2 is 1.88 bits per heavy atom. The van der Waals surface area contributed by atoms with Crippen LogP contribution in [0.4, 0.5) is 11.4 Å². The fraction of sp³-hybridized carbons (Fsp3) is 0.150. The van der Waals surface area contributed by atoms with E-state index in [1.807, 2.05) is 67.6 Å². The molecular formula is C20H20N4O. The Hall–Kier alpha value is -3.21. The van der Waals surface area contributed by atoms with Crippen LogP contribution in [0.25, 0.3) is 11.3 Å². The first kappa shape index (κ1) is 16.6. The number of hydrogen-bond acceptors (Lipinski definition) is 4. The van der Waals surface area contributed by atoms with E-state index in [0.717, 1.165) is 28.5 Å². The predicted octanol–water partition coefficient (Wildman–Crippen LogP) is 3.53. The van der Waals surface area contributed by atoms with Crippen LogP contribution in [0.3, 0.4) is 0 Å². The van der Waals surface area contributed by atoms with E-state index >= 15 is 0 Å². The van der Waals surface area contributed by atoms with Gasteiger partial charge in [0.2, 0.25) is 5.91 Å². The molecule has 0 aliphatic rings. The van der Waals surface area contributed by atoms with Crippen LogP contribution in [0.5, 0.6) is 0 Å². The lowest BCUT2D eigenvalue weighted by molar-refractivity contribution is -0.116. The molecule has 3 rings (SSSR count). The van der Waals surface area contributed by atoms with E-state index in [0.29, 0.717) is 0 Å². The molecule has 1 N–H and O–H groups in total. The molecule has 0 saturated heterocycles. The molecule has 0 aliphatic carbocycles. The van der Waals surface area contributed by atoms with Gasteiger partial charge in [0, 0.05) is 30.2 Å². The third-order valence-corrected chi connectivity index (χ3v) is 3.90. The quantitative estimate of drug-likeness (QED) is 0.776. The molecule has 2 aromatic carbocycles. The molecule has 0 radical (unpaired) electrons. The molecule has 0 atom stereocenters. The lowest BCUT2D eigenvalue weighted by atomic mass is 10.1. The van der Waals surface area contributed by atoms with E-state index in [9.17, 15) is 4.79 Å². The van der Waals surface area contributed by atoms with Gasteiger partial charge >= 0.3 is 0 Å². The van der Waals surface area contributed by atoms with Crippen molar-refractivity contribution in [3.8, 4) is 11.3 Å². The molecule has 3 aromatic rings. The van der Waals surface area contributed by atoms with Crippen molar-refractivity contribution in [2.75, 3.05) is 23.8 Å². The van der Waals surface area contributed by atoms with Crippen LogP contribution in [-0.4, -0.2) is 29.5 Å². The number of para-hydroxylation sites is 1. The minimum atomic E-state index is -0.00511. The van der Waals surface area contributed by atoms with Crippen molar-refractivity contribution >= 4 is 17.3 Å². The van der Waals surface area contributed by atoms with Gasteiger partial charge in [-0.15, -0.1) is 0 Å². The molecule has 1 heterocycles. The van der Waals surface area contributed by atoms with E-state index < -0.39 is 0 Å². The first-order chi connectivity index (χ1) is 12.1. The molecule has 126 valence electrons. The molecule has 0 aliphatic heterocycles. The largest absolute Gasteiger partial charge is 0.376 e. The van der Waals surface area contributed by atoms with Crippen molar-refractivity contribution in [3.05, 3.63) is 72.7 Å². The summed E-state index contributed by atoms with van der Waals surface area (Å²) in [7, 11) is 1.78. The molecule has 5 nitrogen and oxygen atoms in total. The molecule has 25 heavy (non-hydrogen) atoms. The summed E-state index contributed by atoms with van der Waals surface area (Å²) < 4.78 is 0. The van der Waals surface area contributed by atoms with Gasteiger partial charge in [-0.25, -0.2) is 9.97 Å². The fourth-order valence-electron chi connectivity index (χ4n) is 2.50. The van der Waals surface area contributed by atoms with Gasteiger partial charge in [0.25, 0.3) is 0 Å². The molecular weight excluding hydrogens is 312 g/mol. The Kier molecular flexibility index (Phi) is 5.04. The number of anilines is 2. The van der Waals surface area contributed by atoms with Gasteiger partial charge in [0.05, 0.1) is 12.2 Å². The lowest BCUT2D eigenvalue weighted by Crippen LogP contribution is -2.32. The maximum atomic E-state index is 12.4. The minimum Gasteiger partial charge on any atom is -0.376 e. The van der Waals surface area contributed by atoms with Crippen LogP contribution in [-0.2, 0) is 4.79 Å². The van der Waals surface area contributed by atoms with Crippen LogP contribution in [0.1, 0.15) is 5.82 Å². The number of benzene rings is 2. The molecule has 5 heteroatoms. The zero-order chi connectivity index (χ0) is 17.6. The Labute approximate surface area is 147 Å². The van der Waals surface area contributed by atoms with Crippen LogP contribution >= 0.6 is 0 Å². The van der Waals surface area contributed by atoms with Crippen LogP contribution in [0, 0.1) is 6.92 Å². The number of rotatable bonds is 5. The second kappa shape index (κ2) is 7.57. The maximum Gasteiger partial charge on any atom is 0.246 e. The highest BCUT2D eigenvalue weighted by atomic mass is 16.2. The van der Waals surface area contributed by atoms with E-state index in [1.165, 1.54) is 0 Å². The van der Waals surface area contributed by atoms with Gasteiger partial charge in [-0.2, -0.15) is 0 Å². The molecule has 0 unspecified atom stereocenters. The molecule has 1 amide bonds. The van der Waals surface area contributed by atoms with Crippen molar-refractivity contribution in [3.63, 3.8) is 0 Å². The Morgan fingerprint density at radius 1 is 1.08 bits per heavy atom. The van der Waals surface area contributed by atoms with Gasteiger partial charge in [-0.05, 0) is 37.3 Å². The first-order valence-corrected chi connectivity index (χ1v) is 8.09. The molecule has 0 fully saturated rings. The SMILES string of the molecule is Cc1nccc(-c2cccc(NCC(=O)N(C)c3ccccc3)c2)n1. The molecule has 1 aromatic heterocycles. The highest BCUT2D eigenvalue weighted by Gasteiger charge is 2.10. The average Bonchev–Trinajstić information content (AvgIpc) is 2.66. The van der Waals surface area contributed by atoms with Crippen molar-refractivity contribution in [2.24, 2.45) is 0 Å². The third-order valence-electron chi connectivity index (χ3n) is 3.90. The van der Waals surface area contributed by atoms with Crippen molar-refractivity contribution in [1.82, 2.24) is 9.97 Å². The summed E-state index contributed by atoms with van der Waals surface area (Å²) >= 11 is 0. The summed E-state index contributed by atoms with van der Waals surface area (Å²) in [6, 6.07) is 19.3. The third kappa shape index (κ3) is 4.20. The number of carbonyl (C=O) groups is 1. The topological polar surface area (TPSA) is 58.1 Å². The van der Waals surface area contributed by atoms with Crippen molar-refractivity contribution in [2.45, 2.75) is 6.92 Å². The zero-order valence-electron chi connectivity index (χ0n) is 14.3. The monoisotopic (exact) mass is 332 g/mol. The van der Waals surface area contributed by atoms with Gasteiger partial charge in [-0.1, -0.05) is 30.3 Å². The average molecular weight is 332 g/mol. The predicted molar refractivity (Wildman–Crippen MR) is 101 cm³/mol. The van der Waals surface area contributed by atoms with Crippen molar-refractivity contribution < 1.29 is 4.79 Å². The summed E-state index contributed by atoms with van der Waals surface area (Å²) in [5.74, 6) is 0.727. The van der Waals surface area contributed by atoms with E-state index in [1.54, 1.807) is 18.1 Å². The number of nitrogens with zero attached hydrogens (tertiary/aromatic N) is 3. The lowest BCUT2D eigenvalue weighted by Gasteiger charge is -2.18. The number of aromatic nitrogens is 2. The normalized spacial score (nSPS) is 10.3. The summed E-state index contributed by atoms with van der Waals surface area (Å²) in [6.07, 6.45) is 1.75. The standard InChI is InChI=1S/C20H20N4O/c1-15-21-12-11-19(23-15)16-7-6-8-17(13-16)22-14-20(25)24(2)18-9-4-3-5-10-18/h3-13,22H,14H2,1-2H3. The number of carbonyl (C=O) groups excluding carboxylic acids is 1. The zero-order valence-corrected chi connectivity index (χ0v) is 14.3. The van der Waals surface area contributed by atoms with Crippen LogP contribution in [0.15, 0.2) is 66.9 Å². The summed E-state index contributed by atoms with van der Waals surface area (Å²) in [4.78, 5) is 22.6. The second-order valence-corrected chi connectivity index (χ2v) is 5.71. The number of nitrogens with one attached hydrogen (secondary N) is 1. The van der Waals surface area contributed by atoms with E-state index in [4.69, 9.17) is 0 Å². The number of amides is 1. The van der Waals surface area contributed by atoms with Gasteiger partial charge < -0.3 is 10.2 Å². The van der Waals surface area contributed by atoms with Gasteiger partial charge in [0.1, 0.15) is 5.82 Å². The summed E-state index contributed by atoms with van der Waals surface area (Å²) in [5, 5.41) is 3.19. The van der Waals surface area contributed by atoms with E-state index in [-0.39, 0.29) is 12.5 Å². The van der Waals surface area contributed by atoms with Gasteiger partial charge in [-0.3, -0.25) is 4.79 Å². The Bertz CT molecular complexity index is 864. The smallest absolute Gasteiger partial charge is 0.246 e. The summed E-state index contributed by atoms with van der Waals surface area (Å²) in [5.41, 5.74) is 3.60. The molecule has 0 saturated carbocycles. The number of aryl methyl sites for hydroxylation is 1. The first-order valence-electron chi connectivity index (χ1n) is 8.09. The van der Waals surface area contributed by atoms with Crippen LogP contribution in [0.2, 0.25) is 0 Å². The van der Waals surface area contributed by atoms with Crippen LogP contribution < -0.4 is 10.2 Å². The molecule has 0 bridgehead atoms. The van der Waals surface area contributed by atoms with E-state index in [2.05, 4.69) is 15.3 Å². The highest BCUT2D eigenvalue weighted by molar-refractivity contribution is 5.95. The Morgan fingerprint density at radius 3 is 2.64 bits per heavy atom. The van der Waals surface area contributed by atoms with Gasteiger partial charge in [0.15, 0.2) is 0 Å². The molecule has 0 spiro atoms. The van der Waals surface area contributed by atoms with Crippen molar-refractivity contribution in [1.29, 1.82) is 0 Å². The summed E-state index contributed by atoms with van der Waals surface area (Å²) in [6.45, 7) is 2.08. The maximum absolute atomic E-state index is 12.4. The fourth-order valence-corrected chi connectivity index (χ4v) is 2.50.